The molecule has 0 unspecified atom stereocenters. The Morgan fingerprint density at radius 1 is 1.00 bits per heavy atom. The first-order chi connectivity index (χ1) is 9.55. The maximum absolute atomic E-state index is 12.5. The molecule has 0 aliphatic heterocycles. The van der Waals surface area contributed by atoms with Gasteiger partial charge >= 0.3 is 0 Å². The highest BCUT2D eigenvalue weighted by molar-refractivity contribution is 9.10. The quantitative estimate of drug-likeness (QED) is 0.765. The van der Waals surface area contributed by atoms with Crippen molar-refractivity contribution in [2.45, 2.75) is 0 Å². The number of hydrogen-bond donors (Lipinski definition) is 0. The van der Waals surface area contributed by atoms with Crippen molar-refractivity contribution in [2.75, 3.05) is 14.2 Å². The molecule has 5 heteroatoms. The number of hydrogen-bond acceptors (Lipinski definition) is 3. The Balaban J connectivity index is 2.44. The second-order valence-corrected chi connectivity index (χ2v) is 5.32. The van der Waals surface area contributed by atoms with Crippen LogP contribution >= 0.6 is 27.5 Å². The molecule has 2 aromatic rings. The summed E-state index contributed by atoms with van der Waals surface area (Å²) in [5, 5.41) is 0.491. The fraction of sp³-hybridized carbons (Fsp3) is 0.133. The maximum atomic E-state index is 12.5. The van der Waals surface area contributed by atoms with E-state index in [1.807, 2.05) is 0 Å². The highest BCUT2D eigenvalue weighted by atomic mass is 79.9. The predicted molar refractivity (Wildman–Crippen MR) is 82.1 cm³/mol. The summed E-state index contributed by atoms with van der Waals surface area (Å²) in [4.78, 5) is 12.5. The Morgan fingerprint density at radius 2 is 1.60 bits per heavy atom. The van der Waals surface area contributed by atoms with E-state index in [1.54, 1.807) is 50.6 Å². The third-order valence-electron chi connectivity index (χ3n) is 2.80. The molecule has 0 spiro atoms. The predicted octanol–water partition coefficient (Wildman–Crippen LogP) is 4.35. The first kappa shape index (κ1) is 14.9. The second kappa shape index (κ2) is 6.29. The summed E-state index contributed by atoms with van der Waals surface area (Å²) in [6.07, 6.45) is 0. The van der Waals surface area contributed by atoms with Gasteiger partial charge in [0, 0.05) is 21.7 Å². The standard InChI is InChI=1S/C15H12BrClO3/c1-19-11-5-10(6-12(8-11)20-2)15(18)9-3-4-13(16)14(17)7-9/h3-8H,1-2H3. The van der Waals surface area contributed by atoms with Gasteiger partial charge in [-0.25, -0.2) is 0 Å². The number of methoxy groups -OCH3 is 2. The number of ketones is 1. The molecule has 0 fully saturated rings. The van der Waals surface area contributed by atoms with Crippen LogP contribution in [0.15, 0.2) is 40.9 Å². The van der Waals surface area contributed by atoms with Crippen molar-refractivity contribution in [1.29, 1.82) is 0 Å². The molecule has 0 N–H and O–H groups in total. The molecule has 0 amide bonds. The minimum absolute atomic E-state index is 0.142. The van der Waals surface area contributed by atoms with E-state index in [0.29, 0.717) is 27.6 Å². The molecule has 0 heterocycles. The molecule has 0 saturated carbocycles. The van der Waals surface area contributed by atoms with Gasteiger partial charge in [0.2, 0.25) is 0 Å². The van der Waals surface area contributed by atoms with Crippen LogP contribution in [0.2, 0.25) is 5.02 Å². The first-order valence-electron chi connectivity index (χ1n) is 5.78. The van der Waals surface area contributed by atoms with E-state index in [1.165, 1.54) is 0 Å². The number of benzene rings is 2. The third kappa shape index (κ3) is 3.14. The van der Waals surface area contributed by atoms with Crippen LogP contribution in [0, 0.1) is 0 Å². The molecule has 0 aliphatic carbocycles. The lowest BCUT2D eigenvalue weighted by Crippen LogP contribution is -2.02. The highest BCUT2D eigenvalue weighted by Gasteiger charge is 2.13. The van der Waals surface area contributed by atoms with Crippen LogP contribution in [0.25, 0.3) is 0 Å². The number of carbonyl (C=O) groups excluding carboxylic acids is 1. The van der Waals surface area contributed by atoms with Crippen molar-refractivity contribution in [3.63, 3.8) is 0 Å². The van der Waals surface area contributed by atoms with Crippen molar-refractivity contribution in [1.82, 2.24) is 0 Å². The van der Waals surface area contributed by atoms with Gasteiger partial charge in [-0.3, -0.25) is 4.79 Å². The monoisotopic (exact) mass is 354 g/mol. The molecule has 0 radical (unpaired) electrons. The van der Waals surface area contributed by atoms with Crippen LogP contribution in [0.1, 0.15) is 15.9 Å². The van der Waals surface area contributed by atoms with Crippen molar-refractivity contribution in [3.8, 4) is 11.5 Å². The van der Waals surface area contributed by atoms with Crippen LogP contribution < -0.4 is 9.47 Å². The molecule has 104 valence electrons. The molecule has 2 aromatic carbocycles. The Kier molecular flexibility index (Phi) is 4.68. The van der Waals surface area contributed by atoms with E-state index >= 15 is 0 Å². The fourth-order valence-electron chi connectivity index (χ4n) is 1.74. The van der Waals surface area contributed by atoms with Crippen molar-refractivity contribution < 1.29 is 14.3 Å². The lowest BCUT2D eigenvalue weighted by atomic mass is 10.0. The Labute approximate surface area is 130 Å². The zero-order chi connectivity index (χ0) is 14.7. The highest BCUT2D eigenvalue weighted by Crippen LogP contribution is 2.27. The first-order valence-corrected chi connectivity index (χ1v) is 6.95. The van der Waals surface area contributed by atoms with Crippen molar-refractivity contribution >= 4 is 33.3 Å². The van der Waals surface area contributed by atoms with Crippen LogP contribution in [0.3, 0.4) is 0 Å². The van der Waals surface area contributed by atoms with Gasteiger partial charge in [0.1, 0.15) is 11.5 Å². The van der Waals surface area contributed by atoms with E-state index < -0.39 is 0 Å². The van der Waals surface area contributed by atoms with Crippen molar-refractivity contribution in [2.24, 2.45) is 0 Å². The summed E-state index contributed by atoms with van der Waals surface area (Å²) in [7, 11) is 3.08. The SMILES string of the molecule is COc1cc(OC)cc(C(=O)c2ccc(Br)c(Cl)c2)c1. The van der Waals surface area contributed by atoms with Crippen LogP contribution in [-0.4, -0.2) is 20.0 Å². The van der Waals surface area contributed by atoms with E-state index in [-0.39, 0.29) is 5.78 Å². The minimum atomic E-state index is -0.142. The maximum Gasteiger partial charge on any atom is 0.193 e. The average Bonchev–Trinajstić information content (AvgIpc) is 2.48. The summed E-state index contributed by atoms with van der Waals surface area (Å²) in [6.45, 7) is 0. The summed E-state index contributed by atoms with van der Waals surface area (Å²) in [6, 6.07) is 10.1. The smallest absolute Gasteiger partial charge is 0.193 e. The van der Waals surface area contributed by atoms with Crippen molar-refractivity contribution in [3.05, 3.63) is 57.0 Å². The lowest BCUT2D eigenvalue weighted by molar-refractivity contribution is 0.103. The second-order valence-electron chi connectivity index (χ2n) is 4.06. The van der Waals surface area contributed by atoms with E-state index in [0.717, 1.165) is 4.47 Å². The Morgan fingerprint density at radius 3 is 2.10 bits per heavy atom. The molecular weight excluding hydrogens is 344 g/mol. The van der Waals surface area contributed by atoms with Gasteiger partial charge in [0.05, 0.1) is 19.2 Å². The average molecular weight is 356 g/mol. The lowest BCUT2D eigenvalue weighted by Gasteiger charge is -2.08. The van der Waals surface area contributed by atoms with Crippen LogP contribution in [0.4, 0.5) is 0 Å². The molecule has 3 nitrogen and oxygen atoms in total. The zero-order valence-corrected chi connectivity index (χ0v) is 13.3. The molecule has 0 saturated heterocycles. The van der Waals surface area contributed by atoms with Gasteiger partial charge in [0.15, 0.2) is 5.78 Å². The number of ether oxygens (including phenoxy) is 2. The minimum Gasteiger partial charge on any atom is -0.497 e. The number of carbonyl (C=O) groups is 1. The zero-order valence-electron chi connectivity index (χ0n) is 10.9. The third-order valence-corrected chi connectivity index (χ3v) is 4.03. The van der Waals surface area contributed by atoms with Gasteiger partial charge in [0.25, 0.3) is 0 Å². The molecule has 0 atom stereocenters. The Bertz CT molecular complexity index is 633. The molecule has 0 aliphatic rings. The summed E-state index contributed by atoms with van der Waals surface area (Å²) >= 11 is 9.31. The van der Waals surface area contributed by atoms with Gasteiger partial charge in [-0.15, -0.1) is 0 Å². The topological polar surface area (TPSA) is 35.5 Å². The van der Waals surface area contributed by atoms with E-state index in [2.05, 4.69) is 15.9 Å². The summed E-state index contributed by atoms with van der Waals surface area (Å²) in [5.74, 6) is 0.989. The van der Waals surface area contributed by atoms with Crippen LogP contribution in [-0.2, 0) is 0 Å². The normalized spacial score (nSPS) is 10.2. The summed E-state index contributed by atoms with van der Waals surface area (Å²) < 4.78 is 11.1. The number of halogens is 2. The molecule has 0 aromatic heterocycles. The van der Waals surface area contributed by atoms with Gasteiger partial charge < -0.3 is 9.47 Å². The fourth-order valence-corrected chi connectivity index (χ4v) is 2.17. The molecule has 20 heavy (non-hydrogen) atoms. The summed E-state index contributed by atoms with van der Waals surface area (Å²) in [5.41, 5.74) is 0.994. The molecule has 0 bridgehead atoms. The van der Waals surface area contributed by atoms with Gasteiger partial charge in [-0.1, -0.05) is 11.6 Å². The molecule has 2 rings (SSSR count). The van der Waals surface area contributed by atoms with E-state index in [4.69, 9.17) is 21.1 Å². The van der Waals surface area contributed by atoms with Gasteiger partial charge in [-0.2, -0.15) is 0 Å². The largest absolute Gasteiger partial charge is 0.497 e. The molecular formula is C15H12BrClO3. The Hall–Kier alpha value is -1.52. The van der Waals surface area contributed by atoms with Crippen LogP contribution in [0.5, 0.6) is 11.5 Å². The number of rotatable bonds is 4. The van der Waals surface area contributed by atoms with E-state index in [9.17, 15) is 4.79 Å². The van der Waals surface area contributed by atoms with Gasteiger partial charge in [-0.05, 0) is 46.3 Å².